The molecule has 1 saturated carbocycles. The maximum absolute atomic E-state index is 10.3. The minimum Gasteiger partial charge on any atom is -0.393 e. The highest BCUT2D eigenvalue weighted by Crippen LogP contribution is 2.26. The van der Waals surface area contributed by atoms with Crippen molar-refractivity contribution in [1.29, 1.82) is 0 Å². The third-order valence-electron chi connectivity index (χ3n) is 2.14. The molecule has 0 spiro atoms. The molecule has 0 radical (unpaired) electrons. The number of hydrogen-bond acceptors (Lipinski definition) is 3. The van der Waals surface area contributed by atoms with E-state index in [-0.39, 0.29) is 11.8 Å². The van der Waals surface area contributed by atoms with Gasteiger partial charge >= 0.3 is 0 Å². The van der Waals surface area contributed by atoms with E-state index < -0.39 is 6.10 Å². The zero-order valence-electron chi connectivity index (χ0n) is 6.27. The van der Waals surface area contributed by atoms with Crippen LogP contribution in [0.5, 0.6) is 0 Å². The fourth-order valence-corrected chi connectivity index (χ4v) is 1.60. The van der Waals surface area contributed by atoms with Crippen molar-refractivity contribution in [2.45, 2.75) is 25.4 Å². The van der Waals surface area contributed by atoms with E-state index in [1.54, 1.807) is 0 Å². The summed E-state index contributed by atoms with van der Waals surface area (Å²) in [4.78, 5) is 20.7. The zero-order chi connectivity index (χ0) is 8.27. The van der Waals surface area contributed by atoms with Gasteiger partial charge in [0.15, 0.2) is 0 Å². The summed E-state index contributed by atoms with van der Waals surface area (Å²) in [6.45, 7) is 0. The van der Waals surface area contributed by atoms with Gasteiger partial charge in [-0.15, -0.1) is 0 Å². The highest BCUT2D eigenvalue weighted by Gasteiger charge is 2.26. The van der Waals surface area contributed by atoms with Gasteiger partial charge in [0.05, 0.1) is 6.10 Å². The second-order valence-electron chi connectivity index (χ2n) is 3.15. The Bertz CT molecular complexity index is 139. The molecule has 2 atom stereocenters. The number of carbonyl (C=O) groups excluding carboxylic acids is 2. The van der Waals surface area contributed by atoms with E-state index in [0.29, 0.717) is 19.3 Å². The monoisotopic (exact) mass is 156 g/mol. The van der Waals surface area contributed by atoms with Crippen LogP contribution >= 0.6 is 0 Å². The molecule has 1 aliphatic carbocycles. The molecule has 0 saturated heterocycles. The Balaban J connectivity index is 2.49. The highest BCUT2D eigenvalue weighted by atomic mass is 16.3. The maximum atomic E-state index is 10.3. The molecular formula is C8H12O3. The molecule has 0 aromatic rings. The topological polar surface area (TPSA) is 54.4 Å². The minimum atomic E-state index is -0.464. The molecule has 0 bridgehead atoms. The van der Waals surface area contributed by atoms with Gasteiger partial charge < -0.3 is 14.7 Å². The van der Waals surface area contributed by atoms with Crippen molar-refractivity contribution < 1.29 is 14.7 Å². The standard InChI is InChI=1S/C8H12O3/c9-4-6-1-7(5-10)3-8(11)2-6/h4-8,11H,1-3H2. The Morgan fingerprint density at radius 2 is 1.45 bits per heavy atom. The summed E-state index contributed by atoms with van der Waals surface area (Å²) in [5.41, 5.74) is 0. The number of rotatable bonds is 2. The smallest absolute Gasteiger partial charge is 0.123 e. The zero-order valence-corrected chi connectivity index (χ0v) is 6.27. The lowest BCUT2D eigenvalue weighted by atomic mass is 9.81. The Kier molecular flexibility index (Phi) is 2.76. The van der Waals surface area contributed by atoms with Crippen molar-refractivity contribution in [3.8, 4) is 0 Å². The SMILES string of the molecule is O=CC1CC(O)CC(C=O)C1. The summed E-state index contributed by atoms with van der Waals surface area (Å²) in [7, 11) is 0. The van der Waals surface area contributed by atoms with Crippen molar-refractivity contribution >= 4 is 12.6 Å². The third-order valence-corrected chi connectivity index (χ3v) is 2.14. The molecule has 0 heterocycles. The van der Waals surface area contributed by atoms with Crippen LogP contribution in [-0.4, -0.2) is 23.8 Å². The van der Waals surface area contributed by atoms with Gasteiger partial charge in [-0.25, -0.2) is 0 Å². The fraction of sp³-hybridized carbons (Fsp3) is 0.750. The molecule has 1 rings (SSSR count). The van der Waals surface area contributed by atoms with Gasteiger partial charge in [-0.2, -0.15) is 0 Å². The molecule has 3 heteroatoms. The molecular weight excluding hydrogens is 144 g/mol. The van der Waals surface area contributed by atoms with Gasteiger partial charge in [0.2, 0.25) is 0 Å². The molecule has 2 unspecified atom stereocenters. The average molecular weight is 156 g/mol. The molecule has 0 aliphatic heterocycles. The largest absolute Gasteiger partial charge is 0.393 e. The summed E-state index contributed by atoms with van der Waals surface area (Å²) < 4.78 is 0. The fourth-order valence-electron chi connectivity index (χ4n) is 1.60. The summed E-state index contributed by atoms with van der Waals surface area (Å²) >= 11 is 0. The average Bonchev–Trinajstić information content (AvgIpc) is 2.03. The van der Waals surface area contributed by atoms with Crippen LogP contribution in [0.4, 0.5) is 0 Å². The maximum Gasteiger partial charge on any atom is 0.123 e. The van der Waals surface area contributed by atoms with Gasteiger partial charge in [-0.3, -0.25) is 0 Å². The van der Waals surface area contributed by atoms with Gasteiger partial charge in [-0.05, 0) is 19.3 Å². The van der Waals surface area contributed by atoms with E-state index in [4.69, 9.17) is 0 Å². The first kappa shape index (κ1) is 8.40. The van der Waals surface area contributed by atoms with Crippen LogP contribution in [0.3, 0.4) is 0 Å². The van der Waals surface area contributed by atoms with Crippen molar-refractivity contribution in [3.05, 3.63) is 0 Å². The second kappa shape index (κ2) is 3.62. The normalized spacial score (nSPS) is 38.1. The van der Waals surface area contributed by atoms with E-state index >= 15 is 0 Å². The van der Waals surface area contributed by atoms with Crippen molar-refractivity contribution in [2.24, 2.45) is 11.8 Å². The van der Waals surface area contributed by atoms with Crippen LogP contribution < -0.4 is 0 Å². The van der Waals surface area contributed by atoms with Gasteiger partial charge in [-0.1, -0.05) is 0 Å². The van der Waals surface area contributed by atoms with Crippen LogP contribution in [-0.2, 0) is 9.59 Å². The molecule has 0 aromatic carbocycles. The molecule has 3 nitrogen and oxygen atoms in total. The Hall–Kier alpha value is -0.700. The van der Waals surface area contributed by atoms with E-state index in [2.05, 4.69) is 0 Å². The van der Waals surface area contributed by atoms with Crippen LogP contribution in [0.2, 0.25) is 0 Å². The van der Waals surface area contributed by atoms with Gasteiger partial charge in [0, 0.05) is 11.8 Å². The third kappa shape index (κ3) is 2.12. The quantitative estimate of drug-likeness (QED) is 0.579. The number of hydrogen-bond donors (Lipinski definition) is 1. The van der Waals surface area contributed by atoms with E-state index in [1.807, 2.05) is 0 Å². The molecule has 1 N–H and O–H groups in total. The number of aliphatic hydroxyl groups excluding tert-OH is 1. The van der Waals surface area contributed by atoms with Crippen molar-refractivity contribution in [2.75, 3.05) is 0 Å². The minimum absolute atomic E-state index is 0.117. The summed E-state index contributed by atoms with van der Waals surface area (Å²) in [5.74, 6) is -0.233. The van der Waals surface area contributed by atoms with Gasteiger partial charge in [0.1, 0.15) is 12.6 Å². The van der Waals surface area contributed by atoms with Gasteiger partial charge in [0.25, 0.3) is 0 Å². The molecule has 0 aromatic heterocycles. The number of aliphatic hydroxyl groups is 1. The van der Waals surface area contributed by atoms with Crippen LogP contribution in [0, 0.1) is 11.8 Å². The first-order valence-electron chi connectivity index (χ1n) is 3.85. The van der Waals surface area contributed by atoms with E-state index in [0.717, 1.165) is 12.6 Å². The summed E-state index contributed by atoms with van der Waals surface area (Å²) in [5, 5.41) is 9.19. The highest BCUT2D eigenvalue weighted by molar-refractivity contribution is 5.58. The number of aldehydes is 2. The number of carbonyl (C=O) groups is 2. The van der Waals surface area contributed by atoms with Crippen molar-refractivity contribution in [1.82, 2.24) is 0 Å². The van der Waals surface area contributed by atoms with E-state index in [9.17, 15) is 14.7 Å². The molecule has 1 aliphatic rings. The molecule has 62 valence electrons. The first-order chi connectivity index (χ1) is 5.26. The molecule has 0 amide bonds. The van der Waals surface area contributed by atoms with Crippen LogP contribution in [0.1, 0.15) is 19.3 Å². The summed E-state index contributed by atoms with van der Waals surface area (Å²) in [6, 6.07) is 0. The van der Waals surface area contributed by atoms with Crippen molar-refractivity contribution in [3.63, 3.8) is 0 Å². The van der Waals surface area contributed by atoms with E-state index in [1.165, 1.54) is 0 Å². The lowest BCUT2D eigenvalue weighted by Crippen LogP contribution is -2.27. The Morgan fingerprint density at radius 3 is 1.82 bits per heavy atom. The van der Waals surface area contributed by atoms with Crippen LogP contribution in [0.15, 0.2) is 0 Å². The Labute approximate surface area is 65.4 Å². The Morgan fingerprint density at radius 1 is 1.00 bits per heavy atom. The van der Waals surface area contributed by atoms with Crippen LogP contribution in [0.25, 0.3) is 0 Å². The first-order valence-corrected chi connectivity index (χ1v) is 3.85. The molecule has 11 heavy (non-hydrogen) atoms. The second-order valence-corrected chi connectivity index (χ2v) is 3.15. The summed E-state index contributed by atoms with van der Waals surface area (Å²) in [6.07, 6.45) is 2.86. The lowest BCUT2D eigenvalue weighted by molar-refractivity contribution is -0.117. The molecule has 1 fully saturated rings. The predicted octanol–water partition coefficient (Wildman–Crippen LogP) is 0.161. The predicted molar refractivity (Wildman–Crippen MR) is 39.0 cm³/mol. The lowest BCUT2D eigenvalue weighted by Gasteiger charge is -2.25.